The molecule has 0 unspecified atom stereocenters. The zero-order chi connectivity index (χ0) is 18.9. The fraction of sp³-hybridized carbons (Fsp3) is 0.0476. The first-order chi connectivity index (χ1) is 13.8. The summed E-state index contributed by atoms with van der Waals surface area (Å²) in [5.74, 6) is 0.663. The highest BCUT2D eigenvalue weighted by Gasteiger charge is 2.18. The topological polar surface area (TPSA) is 78.2 Å². The molecule has 5 aromatic rings. The summed E-state index contributed by atoms with van der Waals surface area (Å²) >= 11 is 0. The molecule has 0 aliphatic heterocycles. The number of hydrogen-bond acceptors (Lipinski definition) is 5. The summed E-state index contributed by atoms with van der Waals surface area (Å²) in [6, 6.07) is 16.7. The van der Waals surface area contributed by atoms with Crippen LogP contribution < -0.4 is 5.56 Å². The van der Waals surface area contributed by atoms with Gasteiger partial charge in [-0.1, -0.05) is 30.3 Å². The summed E-state index contributed by atoms with van der Waals surface area (Å²) in [6.45, 7) is 0.262. The van der Waals surface area contributed by atoms with Gasteiger partial charge in [0.2, 0.25) is 0 Å². The van der Waals surface area contributed by atoms with Crippen LogP contribution in [0, 0.1) is 0 Å². The minimum atomic E-state index is -0.198. The van der Waals surface area contributed by atoms with Crippen LogP contribution in [0.25, 0.3) is 28.0 Å². The first kappa shape index (κ1) is 16.2. The second-order valence-electron chi connectivity index (χ2n) is 6.29. The molecule has 136 valence electrons. The fourth-order valence-corrected chi connectivity index (χ4v) is 3.20. The Morgan fingerprint density at radius 1 is 0.964 bits per heavy atom. The van der Waals surface area contributed by atoms with Gasteiger partial charge in [-0.05, 0) is 18.2 Å². The molecule has 4 aromatic heterocycles. The van der Waals surface area contributed by atoms with Crippen LogP contribution in [0.4, 0.5) is 0 Å². The van der Waals surface area contributed by atoms with E-state index in [1.54, 1.807) is 41.5 Å². The summed E-state index contributed by atoms with van der Waals surface area (Å²) in [5.41, 5.74) is 3.84. The second-order valence-corrected chi connectivity index (χ2v) is 6.29. The molecule has 0 aliphatic rings. The van der Waals surface area contributed by atoms with Gasteiger partial charge in [0.15, 0.2) is 0 Å². The van der Waals surface area contributed by atoms with E-state index in [2.05, 4.69) is 10.1 Å². The molecule has 1 aromatic carbocycles. The van der Waals surface area contributed by atoms with E-state index in [1.165, 1.54) is 10.7 Å². The van der Waals surface area contributed by atoms with Gasteiger partial charge in [-0.25, -0.2) is 9.20 Å². The Morgan fingerprint density at radius 2 is 1.86 bits per heavy atom. The van der Waals surface area contributed by atoms with Crippen molar-refractivity contribution >= 4 is 5.52 Å². The minimum absolute atomic E-state index is 0.198. The monoisotopic (exact) mass is 369 g/mol. The Morgan fingerprint density at radius 3 is 2.68 bits per heavy atom. The van der Waals surface area contributed by atoms with E-state index < -0.39 is 0 Å². The summed E-state index contributed by atoms with van der Waals surface area (Å²) in [4.78, 5) is 16.5. The predicted octanol–water partition coefficient (Wildman–Crippen LogP) is 3.26. The van der Waals surface area contributed by atoms with E-state index in [1.807, 2.05) is 36.4 Å². The highest BCUT2D eigenvalue weighted by molar-refractivity contribution is 5.90. The minimum Gasteiger partial charge on any atom is -0.467 e. The third kappa shape index (κ3) is 2.79. The van der Waals surface area contributed by atoms with E-state index >= 15 is 0 Å². The average Bonchev–Trinajstić information content (AvgIpc) is 3.38. The molecule has 0 bridgehead atoms. The third-order valence-corrected chi connectivity index (χ3v) is 4.49. The van der Waals surface area contributed by atoms with Gasteiger partial charge in [0.25, 0.3) is 5.56 Å². The number of benzene rings is 1. The molecule has 0 saturated heterocycles. The van der Waals surface area contributed by atoms with Crippen molar-refractivity contribution < 1.29 is 4.42 Å². The molecule has 28 heavy (non-hydrogen) atoms. The SMILES string of the molecule is O=c1ccc(-c2c(-c3ccccc3)nn3ccncc23)nn1Cc1ccco1. The number of fused-ring (bicyclic) bond motifs is 1. The van der Waals surface area contributed by atoms with Crippen LogP contribution in [-0.2, 0) is 6.54 Å². The summed E-state index contributed by atoms with van der Waals surface area (Å²) in [7, 11) is 0. The molecule has 0 fully saturated rings. The normalized spacial score (nSPS) is 11.1. The molecular formula is C21H15N5O2. The molecule has 0 atom stereocenters. The molecular weight excluding hydrogens is 354 g/mol. The Balaban J connectivity index is 1.72. The van der Waals surface area contributed by atoms with Crippen LogP contribution in [0.2, 0.25) is 0 Å². The van der Waals surface area contributed by atoms with Gasteiger partial charge in [0.1, 0.15) is 18.0 Å². The number of rotatable bonds is 4. The lowest BCUT2D eigenvalue weighted by atomic mass is 10.0. The zero-order valence-corrected chi connectivity index (χ0v) is 14.8. The summed E-state index contributed by atoms with van der Waals surface area (Å²) < 4.78 is 8.52. The molecule has 4 heterocycles. The van der Waals surface area contributed by atoms with Crippen LogP contribution in [0.15, 0.2) is 88.7 Å². The third-order valence-electron chi connectivity index (χ3n) is 4.49. The fourth-order valence-electron chi connectivity index (χ4n) is 3.20. The molecule has 0 saturated carbocycles. The van der Waals surface area contributed by atoms with E-state index in [4.69, 9.17) is 9.52 Å². The molecule has 0 radical (unpaired) electrons. The van der Waals surface area contributed by atoms with Gasteiger partial charge in [-0.15, -0.1) is 0 Å². The van der Waals surface area contributed by atoms with Gasteiger partial charge < -0.3 is 4.42 Å². The number of aromatic nitrogens is 5. The zero-order valence-electron chi connectivity index (χ0n) is 14.8. The standard InChI is InChI=1S/C21H15N5O2/c27-19-9-8-17(23-26(19)14-16-7-4-12-28-16)20-18-13-22-10-11-25(18)24-21(20)15-5-2-1-3-6-15/h1-13H,14H2. The maximum atomic E-state index is 12.3. The second kappa shape index (κ2) is 6.62. The molecule has 7 nitrogen and oxygen atoms in total. The largest absolute Gasteiger partial charge is 0.467 e. The highest BCUT2D eigenvalue weighted by atomic mass is 16.3. The van der Waals surface area contributed by atoms with Crippen molar-refractivity contribution in [2.45, 2.75) is 6.54 Å². The highest BCUT2D eigenvalue weighted by Crippen LogP contribution is 2.33. The van der Waals surface area contributed by atoms with E-state index in [0.717, 1.165) is 22.3 Å². The smallest absolute Gasteiger partial charge is 0.267 e. The van der Waals surface area contributed by atoms with E-state index in [0.29, 0.717) is 11.5 Å². The number of hydrogen-bond donors (Lipinski definition) is 0. The lowest BCUT2D eigenvalue weighted by Gasteiger charge is -2.07. The lowest BCUT2D eigenvalue weighted by molar-refractivity contribution is 0.472. The van der Waals surface area contributed by atoms with E-state index in [9.17, 15) is 4.79 Å². The maximum Gasteiger partial charge on any atom is 0.267 e. The van der Waals surface area contributed by atoms with Crippen molar-refractivity contribution in [3.8, 4) is 22.5 Å². The first-order valence-corrected chi connectivity index (χ1v) is 8.78. The van der Waals surface area contributed by atoms with Crippen molar-refractivity contribution in [2.24, 2.45) is 0 Å². The van der Waals surface area contributed by atoms with Crippen LogP contribution in [0.1, 0.15) is 5.76 Å². The van der Waals surface area contributed by atoms with Crippen LogP contribution in [0.3, 0.4) is 0 Å². The van der Waals surface area contributed by atoms with Gasteiger partial charge in [-0.3, -0.25) is 9.78 Å². The Labute approximate surface area is 159 Å². The molecule has 0 aliphatic carbocycles. The summed E-state index contributed by atoms with van der Waals surface area (Å²) in [6.07, 6.45) is 6.81. The average molecular weight is 369 g/mol. The van der Waals surface area contributed by atoms with Gasteiger partial charge in [0, 0.05) is 24.0 Å². The summed E-state index contributed by atoms with van der Waals surface area (Å²) in [5, 5.41) is 9.31. The Bertz CT molecular complexity index is 1300. The predicted molar refractivity (Wildman–Crippen MR) is 104 cm³/mol. The van der Waals surface area contributed by atoms with Gasteiger partial charge in [0.05, 0.1) is 29.2 Å². The Hall–Kier alpha value is -4.00. The van der Waals surface area contributed by atoms with Gasteiger partial charge in [-0.2, -0.15) is 10.2 Å². The maximum absolute atomic E-state index is 12.3. The molecule has 0 N–H and O–H groups in total. The van der Waals surface area contributed by atoms with E-state index in [-0.39, 0.29) is 12.1 Å². The molecule has 0 amide bonds. The van der Waals surface area contributed by atoms with Crippen LogP contribution in [-0.4, -0.2) is 24.4 Å². The van der Waals surface area contributed by atoms with Crippen LogP contribution in [0.5, 0.6) is 0 Å². The quantitative estimate of drug-likeness (QED) is 0.486. The molecule has 0 spiro atoms. The van der Waals surface area contributed by atoms with Crippen molar-refractivity contribution in [3.63, 3.8) is 0 Å². The van der Waals surface area contributed by atoms with Crippen molar-refractivity contribution in [1.29, 1.82) is 0 Å². The lowest BCUT2D eigenvalue weighted by Crippen LogP contribution is -2.22. The van der Waals surface area contributed by atoms with Crippen molar-refractivity contribution in [2.75, 3.05) is 0 Å². The van der Waals surface area contributed by atoms with Gasteiger partial charge >= 0.3 is 0 Å². The van der Waals surface area contributed by atoms with Crippen molar-refractivity contribution in [3.05, 3.63) is 95.6 Å². The van der Waals surface area contributed by atoms with Crippen molar-refractivity contribution in [1.82, 2.24) is 24.4 Å². The molecule has 7 heteroatoms. The number of nitrogens with zero attached hydrogens (tertiary/aromatic N) is 5. The first-order valence-electron chi connectivity index (χ1n) is 8.78. The van der Waals surface area contributed by atoms with Crippen LogP contribution >= 0.6 is 0 Å². The molecule has 5 rings (SSSR count). The number of furan rings is 1. The Kier molecular flexibility index (Phi) is 3.83.